The average Bonchev–Trinajstić information content (AvgIpc) is 2.25. The molecule has 76 valence electrons. The van der Waals surface area contributed by atoms with Crippen molar-refractivity contribution in [1.29, 1.82) is 0 Å². The summed E-state index contributed by atoms with van der Waals surface area (Å²) < 4.78 is 10.0. The molecule has 0 saturated carbocycles. The van der Waals surface area contributed by atoms with E-state index in [-0.39, 0.29) is 0 Å². The molecule has 3 rings (SSSR count). The van der Waals surface area contributed by atoms with Crippen LogP contribution in [0.5, 0.6) is 5.75 Å². The number of pyridine rings is 1. The van der Waals surface area contributed by atoms with E-state index >= 15 is 0 Å². The molecule has 15 heavy (non-hydrogen) atoms. The molecule has 0 saturated heterocycles. The van der Waals surface area contributed by atoms with Crippen molar-refractivity contribution in [2.75, 3.05) is 6.61 Å². The maximum absolute atomic E-state index is 5.69. The van der Waals surface area contributed by atoms with Crippen molar-refractivity contribution in [2.45, 2.75) is 6.54 Å². The van der Waals surface area contributed by atoms with Gasteiger partial charge in [-0.05, 0) is 44.0 Å². The van der Waals surface area contributed by atoms with E-state index in [1.54, 1.807) is 0 Å². The van der Waals surface area contributed by atoms with Gasteiger partial charge in [-0.2, -0.15) is 4.57 Å². The van der Waals surface area contributed by atoms with Gasteiger partial charge < -0.3 is 4.74 Å². The Labute approximate surface area is 104 Å². The van der Waals surface area contributed by atoms with E-state index in [1.165, 1.54) is 5.39 Å². The number of ether oxygens (including phenoxy) is 1. The summed E-state index contributed by atoms with van der Waals surface area (Å²) in [5, 5.41) is 1.19. The monoisotopic (exact) mass is 328 g/mol. The average molecular weight is 330 g/mol. The largest absolute Gasteiger partial charge is 0.479 e. The lowest BCUT2D eigenvalue weighted by Gasteiger charge is -2.15. The summed E-state index contributed by atoms with van der Waals surface area (Å²) in [6.45, 7) is 1.64. The van der Waals surface area contributed by atoms with Crippen LogP contribution in [0.25, 0.3) is 10.9 Å². The topological polar surface area (TPSA) is 13.1 Å². The highest BCUT2D eigenvalue weighted by Gasteiger charge is 2.24. The van der Waals surface area contributed by atoms with Crippen molar-refractivity contribution in [2.24, 2.45) is 0 Å². The fourth-order valence-corrected chi connectivity index (χ4v) is 3.32. The van der Waals surface area contributed by atoms with E-state index in [0.717, 1.165) is 33.4 Å². The molecule has 0 atom stereocenters. The second kappa shape index (κ2) is 3.46. The van der Waals surface area contributed by atoms with Gasteiger partial charge in [-0.15, -0.1) is 0 Å². The summed E-state index contributed by atoms with van der Waals surface area (Å²) in [6.07, 6.45) is 2.09. The maximum atomic E-state index is 5.69. The zero-order chi connectivity index (χ0) is 10.4. The smallest absolute Gasteiger partial charge is 0.257 e. The Morgan fingerprint density at radius 2 is 2.13 bits per heavy atom. The first-order chi connectivity index (χ1) is 7.27. The van der Waals surface area contributed by atoms with Gasteiger partial charge in [0, 0.05) is 10.5 Å². The third kappa shape index (κ3) is 1.39. The summed E-state index contributed by atoms with van der Waals surface area (Å²) in [4.78, 5) is 0. The summed E-state index contributed by atoms with van der Waals surface area (Å²) in [7, 11) is 0. The van der Waals surface area contributed by atoms with Crippen molar-refractivity contribution in [3.8, 4) is 5.75 Å². The zero-order valence-electron chi connectivity index (χ0n) is 7.84. The standard InChI is InChI=1S/C11H8Br2NO/c12-8-6-9(13)11-10-7(8)2-1-3-14(10)4-5-15-11/h1-3,6H,4-5H2/q+1. The molecule has 0 fully saturated rings. The van der Waals surface area contributed by atoms with Gasteiger partial charge in [0.05, 0.1) is 9.86 Å². The van der Waals surface area contributed by atoms with Crippen molar-refractivity contribution < 1.29 is 9.30 Å². The number of benzene rings is 1. The molecule has 2 heterocycles. The zero-order valence-corrected chi connectivity index (χ0v) is 11.0. The first-order valence-electron chi connectivity index (χ1n) is 4.70. The maximum Gasteiger partial charge on any atom is 0.257 e. The molecular formula is C11H8Br2NO+. The Kier molecular flexibility index (Phi) is 2.21. The van der Waals surface area contributed by atoms with Gasteiger partial charge in [-0.25, -0.2) is 0 Å². The number of aromatic nitrogens is 1. The van der Waals surface area contributed by atoms with Crippen LogP contribution in [-0.2, 0) is 6.54 Å². The molecule has 2 aromatic rings. The van der Waals surface area contributed by atoms with Crippen LogP contribution in [0.15, 0.2) is 33.3 Å². The molecule has 4 heteroatoms. The minimum Gasteiger partial charge on any atom is -0.479 e. The highest BCUT2D eigenvalue weighted by Crippen LogP contribution is 2.37. The second-order valence-corrected chi connectivity index (χ2v) is 5.19. The number of nitrogens with zero attached hydrogens (tertiary/aromatic N) is 1. The molecule has 1 aliphatic rings. The Morgan fingerprint density at radius 1 is 1.27 bits per heavy atom. The number of hydrogen-bond donors (Lipinski definition) is 0. The van der Waals surface area contributed by atoms with Crippen LogP contribution in [0.3, 0.4) is 0 Å². The summed E-state index contributed by atoms with van der Waals surface area (Å²) in [5.41, 5.74) is 1.16. The van der Waals surface area contributed by atoms with Gasteiger partial charge in [-0.3, -0.25) is 0 Å². The summed E-state index contributed by atoms with van der Waals surface area (Å²) in [6, 6.07) is 6.20. The minimum atomic E-state index is 0.733. The highest BCUT2D eigenvalue weighted by atomic mass is 79.9. The van der Waals surface area contributed by atoms with Crippen LogP contribution in [0.2, 0.25) is 0 Å². The first-order valence-corrected chi connectivity index (χ1v) is 6.29. The van der Waals surface area contributed by atoms with Gasteiger partial charge in [0.25, 0.3) is 5.52 Å². The highest BCUT2D eigenvalue weighted by molar-refractivity contribution is 9.11. The van der Waals surface area contributed by atoms with E-state index < -0.39 is 0 Å². The normalized spacial score (nSPS) is 14.0. The second-order valence-electron chi connectivity index (χ2n) is 3.48. The molecule has 0 bridgehead atoms. The minimum absolute atomic E-state index is 0.733. The van der Waals surface area contributed by atoms with E-state index in [1.807, 2.05) is 6.07 Å². The molecular weight excluding hydrogens is 322 g/mol. The van der Waals surface area contributed by atoms with Crippen molar-refractivity contribution >= 4 is 42.8 Å². The molecule has 2 nitrogen and oxygen atoms in total. The third-order valence-electron chi connectivity index (χ3n) is 2.59. The van der Waals surface area contributed by atoms with Crippen molar-refractivity contribution in [3.63, 3.8) is 0 Å². The molecule has 1 aromatic carbocycles. The number of halogens is 2. The molecule has 1 aliphatic heterocycles. The third-order valence-corrected chi connectivity index (χ3v) is 3.84. The van der Waals surface area contributed by atoms with Crippen LogP contribution in [0.1, 0.15) is 0 Å². The molecule has 0 amide bonds. The van der Waals surface area contributed by atoms with Gasteiger partial charge in [0.2, 0.25) is 5.75 Å². The van der Waals surface area contributed by atoms with E-state index in [0.29, 0.717) is 0 Å². The Bertz CT molecular complexity index is 554. The molecule has 0 radical (unpaired) electrons. The van der Waals surface area contributed by atoms with E-state index in [9.17, 15) is 0 Å². The van der Waals surface area contributed by atoms with Crippen LogP contribution in [-0.4, -0.2) is 6.61 Å². The number of hydrogen-bond acceptors (Lipinski definition) is 1. The lowest BCUT2D eigenvalue weighted by Crippen LogP contribution is -2.40. The van der Waals surface area contributed by atoms with Crippen molar-refractivity contribution in [1.82, 2.24) is 0 Å². The Morgan fingerprint density at radius 3 is 3.00 bits per heavy atom. The lowest BCUT2D eigenvalue weighted by molar-refractivity contribution is -0.676. The van der Waals surface area contributed by atoms with Crippen LogP contribution < -0.4 is 9.30 Å². The van der Waals surface area contributed by atoms with E-state index in [2.05, 4.69) is 54.8 Å². The van der Waals surface area contributed by atoms with Gasteiger partial charge >= 0.3 is 0 Å². The quantitative estimate of drug-likeness (QED) is 0.677. The molecule has 0 N–H and O–H groups in total. The predicted octanol–water partition coefficient (Wildman–Crippen LogP) is 3.04. The van der Waals surface area contributed by atoms with Crippen LogP contribution >= 0.6 is 31.9 Å². The number of rotatable bonds is 0. The summed E-state index contributed by atoms with van der Waals surface area (Å²) in [5.74, 6) is 0.944. The van der Waals surface area contributed by atoms with Gasteiger partial charge in [-0.1, -0.05) is 0 Å². The summed E-state index contributed by atoms with van der Waals surface area (Å²) >= 11 is 7.10. The van der Waals surface area contributed by atoms with Gasteiger partial charge in [0.15, 0.2) is 12.7 Å². The van der Waals surface area contributed by atoms with Crippen LogP contribution in [0, 0.1) is 0 Å². The fraction of sp³-hybridized carbons (Fsp3) is 0.182. The SMILES string of the molecule is Brc1cc(Br)c2ccc[n+]3c2c1OCC3. The lowest BCUT2D eigenvalue weighted by atomic mass is 10.2. The first kappa shape index (κ1) is 9.60. The molecule has 0 unspecified atom stereocenters. The van der Waals surface area contributed by atoms with Gasteiger partial charge in [0.1, 0.15) is 6.61 Å². The Balaban J connectivity index is 2.53. The predicted molar refractivity (Wildman–Crippen MR) is 65.0 cm³/mol. The van der Waals surface area contributed by atoms with E-state index in [4.69, 9.17) is 4.74 Å². The Hall–Kier alpha value is -0.610. The molecule has 0 spiro atoms. The van der Waals surface area contributed by atoms with Crippen LogP contribution in [0.4, 0.5) is 0 Å². The molecule has 1 aromatic heterocycles. The fourth-order valence-electron chi connectivity index (χ4n) is 1.93. The molecule has 0 aliphatic carbocycles. The van der Waals surface area contributed by atoms with Crippen molar-refractivity contribution in [3.05, 3.63) is 33.3 Å².